The molecule has 1 aromatic heterocycles. The SMILES string of the molecule is CC(C)(C)OC(=O)C(=O)/C=C(\O)c1ccco1.[H-].[Li+]. The normalized spacial score (nSPS) is 11.6. The van der Waals surface area contributed by atoms with Crippen molar-refractivity contribution in [3.63, 3.8) is 0 Å². The van der Waals surface area contributed by atoms with Gasteiger partial charge in [-0.15, -0.1) is 0 Å². The summed E-state index contributed by atoms with van der Waals surface area (Å²) in [5, 5.41) is 9.47. The summed E-state index contributed by atoms with van der Waals surface area (Å²) in [5.74, 6) is -2.25. The number of ether oxygens (including phenoxy) is 1. The van der Waals surface area contributed by atoms with Crippen LogP contribution in [-0.2, 0) is 14.3 Å². The molecule has 1 heterocycles. The topological polar surface area (TPSA) is 76.7 Å². The molecule has 0 aliphatic heterocycles. The van der Waals surface area contributed by atoms with Crippen molar-refractivity contribution in [2.24, 2.45) is 0 Å². The number of esters is 1. The largest absolute Gasteiger partial charge is 1.00 e. The number of carbonyl (C=O) groups is 2. The molecule has 0 atom stereocenters. The minimum absolute atomic E-state index is 0. The Morgan fingerprint density at radius 2 is 2.06 bits per heavy atom. The van der Waals surface area contributed by atoms with Gasteiger partial charge in [-0.25, -0.2) is 4.79 Å². The Labute approximate surface area is 118 Å². The van der Waals surface area contributed by atoms with Gasteiger partial charge in [0, 0.05) is 6.08 Å². The first-order chi connectivity index (χ1) is 7.79. The van der Waals surface area contributed by atoms with Gasteiger partial charge >= 0.3 is 24.8 Å². The number of furan rings is 1. The molecule has 94 valence electrons. The summed E-state index contributed by atoms with van der Waals surface area (Å²) in [7, 11) is 0. The van der Waals surface area contributed by atoms with Crippen molar-refractivity contribution in [3.05, 3.63) is 30.2 Å². The van der Waals surface area contributed by atoms with Gasteiger partial charge in [-0.2, -0.15) is 0 Å². The van der Waals surface area contributed by atoms with Crippen molar-refractivity contribution in [1.29, 1.82) is 0 Å². The number of aliphatic hydroxyl groups is 1. The van der Waals surface area contributed by atoms with E-state index < -0.39 is 23.1 Å². The van der Waals surface area contributed by atoms with E-state index in [4.69, 9.17) is 9.15 Å². The average molecular weight is 246 g/mol. The van der Waals surface area contributed by atoms with Crippen molar-refractivity contribution in [3.8, 4) is 0 Å². The van der Waals surface area contributed by atoms with Crippen LogP contribution in [0.3, 0.4) is 0 Å². The van der Waals surface area contributed by atoms with E-state index in [-0.39, 0.29) is 26.0 Å². The number of carbonyl (C=O) groups excluding carboxylic acids is 2. The molecule has 0 saturated carbocycles. The first kappa shape index (κ1) is 16.6. The molecule has 1 rings (SSSR count). The van der Waals surface area contributed by atoms with Crippen LogP contribution in [0.15, 0.2) is 28.9 Å². The maximum Gasteiger partial charge on any atom is 1.00 e. The number of hydrogen-bond acceptors (Lipinski definition) is 5. The summed E-state index contributed by atoms with van der Waals surface area (Å²) in [6.07, 6.45) is 2.12. The summed E-state index contributed by atoms with van der Waals surface area (Å²) in [6.45, 7) is 4.94. The van der Waals surface area contributed by atoms with Crippen molar-refractivity contribution in [2.75, 3.05) is 0 Å². The molecule has 0 saturated heterocycles. The van der Waals surface area contributed by atoms with Crippen molar-refractivity contribution in [2.45, 2.75) is 26.4 Å². The fourth-order valence-corrected chi connectivity index (χ4v) is 1.01. The molecule has 0 aromatic carbocycles. The van der Waals surface area contributed by atoms with Crippen LogP contribution in [0.5, 0.6) is 0 Å². The summed E-state index contributed by atoms with van der Waals surface area (Å²) in [5.41, 5.74) is -0.749. The van der Waals surface area contributed by atoms with Crippen molar-refractivity contribution in [1.82, 2.24) is 0 Å². The Morgan fingerprint density at radius 3 is 2.50 bits per heavy atom. The Morgan fingerprint density at radius 1 is 1.44 bits per heavy atom. The molecule has 5 nitrogen and oxygen atoms in total. The second kappa shape index (κ2) is 6.48. The zero-order valence-electron chi connectivity index (χ0n) is 11.9. The standard InChI is InChI=1S/C12H14O5.Li.H/c1-12(2,3)17-11(15)9(14)7-8(13)10-5-4-6-16-10;;/h4-7,13H,1-3H3;;/q;+1;-1/b8-7-;;. The molecule has 1 N–H and O–H groups in total. The van der Waals surface area contributed by atoms with Gasteiger partial charge in [-0.05, 0) is 32.9 Å². The van der Waals surface area contributed by atoms with E-state index in [9.17, 15) is 14.7 Å². The molecule has 0 unspecified atom stereocenters. The molecule has 0 spiro atoms. The third-order valence-electron chi connectivity index (χ3n) is 1.64. The van der Waals surface area contributed by atoms with Gasteiger partial charge in [0.05, 0.1) is 6.26 Å². The van der Waals surface area contributed by atoms with E-state index in [1.807, 2.05) is 0 Å². The van der Waals surface area contributed by atoms with Gasteiger partial charge in [-0.3, -0.25) is 4.79 Å². The van der Waals surface area contributed by atoms with E-state index >= 15 is 0 Å². The van der Waals surface area contributed by atoms with Crippen molar-refractivity contribution >= 4 is 17.5 Å². The van der Waals surface area contributed by atoms with E-state index in [1.165, 1.54) is 12.3 Å². The summed E-state index contributed by atoms with van der Waals surface area (Å²) >= 11 is 0. The van der Waals surface area contributed by atoms with Crippen LogP contribution in [0.4, 0.5) is 0 Å². The van der Waals surface area contributed by atoms with E-state index in [2.05, 4.69) is 0 Å². The zero-order chi connectivity index (χ0) is 13.1. The summed E-state index contributed by atoms with van der Waals surface area (Å²) < 4.78 is 9.70. The number of hydrogen-bond donors (Lipinski definition) is 1. The number of rotatable bonds is 3. The van der Waals surface area contributed by atoms with E-state index in [0.717, 1.165) is 6.08 Å². The molecule has 18 heavy (non-hydrogen) atoms. The van der Waals surface area contributed by atoms with E-state index in [0.29, 0.717) is 0 Å². The molecule has 1 aromatic rings. The number of aliphatic hydroxyl groups excluding tert-OH is 1. The minimum Gasteiger partial charge on any atom is -1.00 e. The molecule has 0 bridgehead atoms. The zero-order valence-corrected chi connectivity index (χ0v) is 10.9. The van der Waals surface area contributed by atoms with Crippen LogP contribution in [-0.4, -0.2) is 22.5 Å². The molecule has 0 fully saturated rings. The second-order valence-corrected chi connectivity index (χ2v) is 4.37. The minimum atomic E-state index is -1.02. The molecule has 0 aliphatic rings. The van der Waals surface area contributed by atoms with Gasteiger partial charge in [0.2, 0.25) is 0 Å². The summed E-state index contributed by atoms with van der Waals surface area (Å²) in [6, 6.07) is 3.02. The molecular formula is C12H15LiO5. The summed E-state index contributed by atoms with van der Waals surface area (Å²) in [4.78, 5) is 22.7. The van der Waals surface area contributed by atoms with Crippen molar-refractivity contribution < 1.29 is 44.1 Å². The Kier molecular flexibility index (Phi) is 5.96. The first-order valence-corrected chi connectivity index (χ1v) is 5.01. The quantitative estimate of drug-likeness (QED) is 0.248. The third-order valence-corrected chi connectivity index (χ3v) is 1.64. The number of ketones is 1. The maximum absolute atomic E-state index is 11.4. The molecular weight excluding hydrogens is 231 g/mol. The van der Waals surface area contributed by atoms with Gasteiger partial charge in [0.25, 0.3) is 5.78 Å². The molecule has 0 aliphatic carbocycles. The fourth-order valence-electron chi connectivity index (χ4n) is 1.01. The second-order valence-electron chi connectivity index (χ2n) is 4.37. The predicted molar refractivity (Wildman–Crippen MR) is 61.3 cm³/mol. The monoisotopic (exact) mass is 246 g/mol. The van der Waals surface area contributed by atoms with Crippen LogP contribution >= 0.6 is 0 Å². The third kappa shape index (κ3) is 5.26. The molecule has 6 heteroatoms. The molecule has 0 amide bonds. The predicted octanol–water partition coefficient (Wildman–Crippen LogP) is -0.794. The van der Waals surface area contributed by atoms with Gasteiger partial charge in [-0.1, -0.05) is 0 Å². The van der Waals surface area contributed by atoms with Gasteiger partial charge in [0.1, 0.15) is 5.60 Å². The fraction of sp³-hybridized carbons (Fsp3) is 0.333. The Balaban J connectivity index is 0. The van der Waals surface area contributed by atoms with Crippen LogP contribution < -0.4 is 18.9 Å². The smallest absolute Gasteiger partial charge is 1.00 e. The van der Waals surface area contributed by atoms with Gasteiger partial charge in [0.15, 0.2) is 11.5 Å². The average Bonchev–Trinajstić information content (AvgIpc) is 2.67. The maximum atomic E-state index is 11.4. The van der Waals surface area contributed by atoms with Crippen LogP contribution in [0.2, 0.25) is 0 Å². The van der Waals surface area contributed by atoms with Crippen LogP contribution in [0, 0.1) is 0 Å². The Hall–Kier alpha value is -1.44. The van der Waals surface area contributed by atoms with Gasteiger partial charge < -0.3 is 15.7 Å². The van der Waals surface area contributed by atoms with Crippen LogP contribution in [0.25, 0.3) is 5.76 Å². The van der Waals surface area contributed by atoms with Crippen LogP contribution in [0.1, 0.15) is 28.0 Å². The first-order valence-electron chi connectivity index (χ1n) is 5.01. The Bertz CT molecular complexity index is 445. The van der Waals surface area contributed by atoms with E-state index in [1.54, 1.807) is 26.8 Å². The molecule has 0 radical (unpaired) electrons.